The van der Waals surface area contributed by atoms with Gasteiger partial charge in [0.15, 0.2) is 0 Å². The minimum atomic E-state index is -3.53. The van der Waals surface area contributed by atoms with Gasteiger partial charge in [0.2, 0.25) is 10.0 Å². The van der Waals surface area contributed by atoms with Crippen LogP contribution >= 0.6 is 0 Å². The van der Waals surface area contributed by atoms with Gasteiger partial charge in [0.05, 0.1) is 22.1 Å². The molecular weight excluding hydrogens is 460 g/mol. The molecular formula is C26H32N6O2S. The number of sulfonamides is 1. The number of benzene rings is 2. The first-order chi connectivity index (χ1) is 16.8. The second-order valence-electron chi connectivity index (χ2n) is 8.87. The zero-order valence-electron chi connectivity index (χ0n) is 20.6. The lowest BCUT2D eigenvalue weighted by molar-refractivity contribution is 0.600. The van der Waals surface area contributed by atoms with Crippen LogP contribution in [0.5, 0.6) is 0 Å². The van der Waals surface area contributed by atoms with Gasteiger partial charge in [-0.1, -0.05) is 26.7 Å². The lowest BCUT2D eigenvalue weighted by atomic mass is 10.1. The highest BCUT2D eigenvalue weighted by Gasteiger charge is 2.36. The van der Waals surface area contributed by atoms with E-state index in [9.17, 15) is 18.9 Å². The van der Waals surface area contributed by atoms with Crippen LogP contribution in [0.4, 0.5) is 22.7 Å². The second kappa shape index (κ2) is 11.8. The molecule has 1 N–H and O–H groups in total. The van der Waals surface area contributed by atoms with Crippen LogP contribution in [-0.4, -0.2) is 26.8 Å². The topological polar surface area (TPSA) is 122 Å². The molecule has 0 amide bonds. The van der Waals surface area contributed by atoms with Gasteiger partial charge >= 0.3 is 0 Å². The van der Waals surface area contributed by atoms with Crippen LogP contribution in [-0.2, 0) is 10.0 Å². The third kappa shape index (κ3) is 6.80. The lowest BCUT2D eigenvalue weighted by Crippen LogP contribution is -2.26. The third-order valence-corrected chi connectivity index (χ3v) is 7.73. The lowest BCUT2D eigenvalue weighted by Gasteiger charge is -2.25. The van der Waals surface area contributed by atoms with Crippen molar-refractivity contribution in [3.05, 3.63) is 47.0 Å². The summed E-state index contributed by atoms with van der Waals surface area (Å²) in [6.07, 6.45) is 5.49. The Morgan fingerprint density at radius 1 is 1.00 bits per heavy atom. The smallest absolute Gasteiger partial charge is 0.235 e. The van der Waals surface area contributed by atoms with E-state index in [4.69, 9.17) is 0 Å². The molecule has 2 aromatic carbocycles. The minimum absolute atomic E-state index is 0.174. The molecule has 8 nitrogen and oxygen atoms in total. The van der Waals surface area contributed by atoms with Gasteiger partial charge in [-0.15, -0.1) is 10.2 Å². The highest BCUT2D eigenvalue weighted by atomic mass is 32.2. The molecule has 1 aliphatic rings. The molecule has 0 heterocycles. The Morgan fingerprint density at radius 2 is 1.60 bits per heavy atom. The first-order valence-corrected chi connectivity index (χ1v) is 13.6. The largest absolute Gasteiger partial charge is 0.371 e. The number of rotatable bonds is 12. The molecule has 9 heteroatoms. The van der Waals surface area contributed by atoms with Crippen LogP contribution < -0.4 is 9.62 Å². The van der Waals surface area contributed by atoms with Crippen LogP contribution in [0.2, 0.25) is 0 Å². The number of aryl methyl sites for hydroxylation is 1. The molecule has 0 saturated heterocycles. The van der Waals surface area contributed by atoms with Crippen molar-refractivity contribution in [1.82, 2.24) is 0 Å². The Labute approximate surface area is 208 Å². The number of nitrogens with one attached hydrogen (secondary N) is 1. The van der Waals surface area contributed by atoms with Crippen LogP contribution in [0.1, 0.15) is 69.1 Å². The van der Waals surface area contributed by atoms with Gasteiger partial charge in [-0.05, 0) is 68.5 Å². The number of azo groups is 1. The normalized spacial score (nSPS) is 13.4. The Morgan fingerprint density at radius 3 is 2.11 bits per heavy atom. The van der Waals surface area contributed by atoms with E-state index in [1.165, 1.54) is 0 Å². The highest BCUT2D eigenvalue weighted by molar-refractivity contribution is 7.93. The summed E-state index contributed by atoms with van der Waals surface area (Å²) in [5.74, 6) is 0. The fraction of sp³-hybridized carbons (Fsp3) is 0.462. The number of hydrogen-bond donors (Lipinski definition) is 1. The SMILES string of the molecule is CCCCN(CCCC)c1ccc(/N=N/c2c(C#N)cc(C)cc2C#N)c(NS(=O)(=O)C2CC2)c1. The van der Waals surface area contributed by atoms with Crippen molar-refractivity contribution in [2.45, 2.75) is 64.5 Å². The fourth-order valence-corrected chi connectivity index (χ4v) is 5.13. The predicted molar refractivity (Wildman–Crippen MR) is 139 cm³/mol. The zero-order valence-corrected chi connectivity index (χ0v) is 21.4. The number of unbranched alkanes of at least 4 members (excludes halogenated alkanes) is 2. The maximum absolute atomic E-state index is 12.8. The molecule has 184 valence electrons. The van der Waals surface area contributed by atoms with Gasteiger partial charge in [0, 0.05) is 18.8 Å². The number of nitrogens with zero attached hydrogens (tertiary/aromatic N) is 5. The summed E-state index contributed by atoms with van der Waals surface area (Å²) in [5.41, 5.74) is 3.04. The van der Waals surface area contributed by atoms with Gasteiger partial charge in [-0.2, -0.15) is 10.5 Å². The van der Waals surface area contributed by atoms with Gasteiger partial charge in [0.25, 0.3) is 0 Å². The summed E-state index contributed by atoms with van der Waals surface area (Å²) in [5, 5.41) is 27.1. The van der Waals surface area contributed by atoms with E-state index in [0.717, 1.165) is 50.0 Å². The van der Waals surface area contributed by atoms with E-state index in [0.29, 0.717) is 24.2 Å². The van der Waals surface area contributed by atoms with Crippen molar-refractivity contribution >= 4 is 32.8 Å². The van der Waals surface area contributed by atoms with E-state index < -0.39 is 10.0 Å². The molecule has 1 saturated carbocycles. The summed E-state index contributed by atoms with van der Waals surface area (Å²) in [4.78, 5) is 2.27. The van der Waals surface area contributed by atoms with E-state index in [1.54, 1.807) is 25.1 Å². The second-order valence-corrected chi connectivity index (χ2v) is 10.8. The molecule has 0 bridgehead atoms. The third-order valence-electron chi connectivity index (χ3n) is 5.88. The monoisotopic (exact) mass is 492 g/mol. The van der Waals surface area contributed by atoms with Gasteiger partial charge in [0.1, 0.15) is 23.5 Å². The summed E-state index contributed by atoms with van der Waals surface area (Å²) < 4.78 is 28.3. The molecule has 0 unspecified atom stereocenters. The average Bonchev–Trinajstić information content (AvgIpc) is 3.69. The Balaban J connectivity index is 2.04. The Kier molecular flexibility index (Phi) is 8.84. The number of anilines is 2. The number of hydrogen-bond acceptors (Lipinski definition) is 7. The van der Waals surface area contributed by atoms with Gasteiger partial charge < -0.3 is 4.90 Å². The molecule has 35 heavy (non-hydrogen) atoms. The maximum Gasteiger partial charge on any atom is 0.235 e. The summed E-state index contributed by atoms with van der Waals surface area (Å²) in [6, 6.07) is 12.9. The molecule has 3 rings (SSSR count). The minimum Gasteiger partial charge on any atom is -0.371 e. The van der Waals surface area contributed by atoms with Crippen molar-refractivity contribution in [3.63, 3.8) is 0 Å². The molecule has 1 aliphatic carbocycles. The molecule has 2 aromatic rings. The quantitative estimate of drug-likeness (QED) is 0.340. The molecule has 0 radical (unpaired) electrons. The van der Waals surface area contributed by atoms with Crippen molar-refractivity contribution in [2.75, 3.05) is 22.7 Å². The molecule has 0 aromatic heterocycles. The van der Waals surface area contributed by atoms with Crippen LogP contribution in [0, 0.1) is 29.6 Å². The summed E-state index contributed by atoms with van der Waals surface area (Å²) in [6.45, 7) is 7.85. The van der Waals surface area contributed by atoms with Gasteiger partial charge in [-0.3, -0.25) is 4.72 Å². The first-order valence-electron chi connectivity index (χ1n) is 12.1. The maximum atomic E-state index is 12.8. The summed E-state index contributed by atoms with van der Waals surface area (Å²) in [7, 11) is -3.53. The predicted octanol–water partition coefficient (Wildman–Crippen LogP) is 6.46. The van der Waals surface area contributed by atoms with Crippen molar-refractivity contribution in [2.24, 2.45) is 10.2 Å². The fourth-order valence-electron chi connectivity index (χ4n) is 3.73. The van der Waals surface area contributed by atoms with Crippen molar-refractivity contribution in [3.8, 4) is 12.1 Å². The molecule has 0 atom stereocenters. The Hall–Kier alpha value is -3.43. The van der Waals surface area contributed by atoms with Crippen LogP contribution in [0.15, 0.2) is 40.6 Å². The van der Waals surface area contributed by atoms with E-state index in [1.807, 2.05) is 12.1 Å². The molecule has 0 aliphatic heterocycles. The van der Waals surface area contributed by atoms with E-state index >= 15 is 0 Å². The van der Waals surface area contributed by atoms with E-state index in [-0.39, 0.29) is 22.1 Å². The molecule has 0 spiro atoms. The van der Waals surface area contributed by atoms with Crippen LogP contribution in [0.25, 0.3) is 0 Å². The van der Waals surface area contributed by atoms with Crippen molar-refractivity contribution in [1.29, 1.82) is 10.5 Å². The van der Waals surface area contributed by atoms with Gasteiger partial charge in [-0.25, -0.2) is 8.42 Å². The number of nitriles is 2. The average molecular weight is 493 g/mol. The standard InChI is InChI=1S/C26H32N6O2S/c1-4-6-12-32(13-7-5-2)22-8-11-24(25(16-22)31-35(33,34)23-9-10-23)29-30-26-20(17-27)14-19(3)15-21(26)18-28/h8,11,14-16,23,31H,4-7,9-10,12-13H2,1-3H3/b30-29+. The zero-order chi connectivity index (χ0) is 25.4. The van der Waals surface area contributed by atoms with Crippen LogP contribution in [0.3, 0.4) is 0 Å². The summed E-state index contributed by atoms with van der Waals surface area (Å²) >= 11 is 0. The Bertz CT molecular complexity index is 1230. The highest BCUT2D eigenvalue weighted by Crippen LogP contribution is 2.37. The van der Waals surface area contributed by atoms with Crippen molar-refractivity contribution < 1.29 is 8.42 Å². The molecule has 1 fully saturated rings. The first kappa shape index (κ1) is 26.2. The van der Waals surface area contributed by atoms with E-state index in [2.05, 4.69) is 45.8 Å².